The number of nitrogens with zero attached hydrogens (tertiary/aromatic N) is 1. The molecular weight excluding hydrogens is 248 g/mol. The minimum Gasteiger partial charge on any atom is -0.268 e. The first-order valence-corrected chi connectivity index (χ1v) is 6.51. The molecule has 1 heterocycles. The van der Waals surface area contributed by atoms with Crippen molar-refractivity contribution in [1.82, 2.24) is 10.2 Å². The third-order valence-electron chi connectivity index (χ3n) is 3.19. The van der Waals surface area contributed by atoms with Crippen LogP contribution in [0.3, 0.4) is 0 Å². The summed E-state index contributed by atoms with van der Waals surface area (Å²) < 4.78 is 0. The van der Waals surface area contributed by atoms with Crippen LogP contribution in [-0.2, 0) is 6.42 Å². The fourth-order valence-corrected chi connectivity index (χ4v) is 2.15. The van der Waals surface area contributed by atoms with Gasteiger partial charge in [0, 0.05) is 17.5 Å². The van der Waals surface area contributed by atoms with Gasteiger partial charge in [0.05, 0.1) is 5.69 Å². The third-order valence-corrected chi connectivity index (χ3v) is 3.19. The molecule has 0 amide bonds. The Morgan fingerprint density at radius 1 is 0.900 bits per heavy atom. The Morgan fingerprint density at radius 3 is 2.25 bits per heavy atom. The van der Waals surface area contributed by atoms with Gasteiger partial charge in [-0.15, -0.1) is 0 Å². The van der Waals surface area contributed by atoms with E-state index < -0.39 is 0 Å². The first-order valence-electron chi connectivity index (χ1n) is 6.51. The molecule has 0 radical (unpaired) electrons. The van der Waals surface area contributed by atoms with Gasteiger partial charge < -0.3 is 0 Å². The average Bonchev–Trinajstić information content (AvgIpc) is 2.51. The highest BCUT2D eigenvalue weighted by Crippen LogP contribution is 2.16. The number of hydrogen-bond donors (Lipinski definition) is 1. The summed E-state index contributed by atoms with van der Waals surface area (Å²) in [6.45, 7) is 0. The molecule has 3 aromatic rings. The SMILES string of the molecule is O=c1[nH]nc(-c2ccccc2)cc1Cc1ccccc1. The lowest BCUT2D eigenvalue weighted by molar-refractivity contribution is 0.955. The first kappa shape index (κ1) is 12.4. The Kier molecular flexibility index (Phi) is 3.42. The van der Waals surface area contributed by atoms with Crippen LogP contribution in [0.4, 0.5) is 0 Å². The van der Waals surface area contributed by atoms with Crippen molar-refractivity contribution in [3.05, 3.63) is 88.2 Å². The van der Waals surface area contributed by atoms with Gasteiger partial charge in [-0.3, -0.25) is 4.79 Å². The highest BCUT2D eigenvalue weighted by atomic mass is 16.1. The van der Waals surface area contributed by atoms with E-state index in [9.17, 15) is 4.79 Å². The van der Waals surface area contributed by atoms with Crippen LogP contribution in [0.5, 0.6) is 0 Å². The molecule has 0 saturated carbocycles. The largest absolute Gasteiger partial charge is 0.268 e. The van der Waals surface area contributed by atoms with Crippen molar-refractivity contribution in [3.8, 4) is 11.3 Å². The Labute approximate surface area is 116 Å². The Hall–Kier alpha value is -2.68. The second-order valence-corrected chi connectivity index (χ2v) is 4.64. The number of hydrogen-bond acceptors (Lipinski definition) is 2. The molecule has 0 fully saturated rings. The van der Waals surface area contributed by atoms with E-state index in [1.165, 1.54) is 0 Å². The lowest BCUT2D eigenvalue weighted by Gasteiger charge is -2.04. The Balaban J connectivity index is 1.98. The number of nitrogens with one attached hydrogen (secondary N) is 1. The van der Waals surface area contributed by atoms with Crippen LogP contribution in [0.1, 0.15) is 11.1 Å². The van der Waals surface area contributed by atoms with Gasteiger partial charge >= 0.3 is 0 Å². The highest BCUT2D eigenvalue weighted by Gasteiger charge is 2.06. The summed E-state index contributed by atoms with van der Waals surface area (Å²) in [7, 11) is 0. The van der Waals surface area contributed by atoms with E-state index in [1.807, 2.05) is 66.7 Å². The Bertz CT molecular complexity index is 749. The van der Waals surface area contributed by atoms with Crippen LogP contribution >= 0.6 is 0 Å². The number of rotatable bonds is 3. The van der Waals surface area contributed by atoms with E-state index in [-0.39, 0.29) is 5.56 Å². The van der Waals surface area contributed by atoms with E-state index in [0.29, 0.717) is 6.42 Å². The second-order valence-electron chi connectivity index (χ2n) is 4.64. The lowest BCUT2D eigenvalue weighted by atomic mass is 10.0. The van der Waals surface area contributed by atoms with Gasteiger partial charge in [0.2, 0.25) is 0 Å². The van der Waals surface area contributed by atoms with Gasteiger partial charge in [0.1, 0.15) is 0 Å². The number of H-pyrrole nitrogens is 1. The molecule has 0 bridgehead atoms. The van der Waals surface area contributed by atoms with E-state index in [1.54, 1.807) is 0 Å². The van der Waals surface area contributed by atoms with Crippen molar-refractivity contribution < 1.29 is 0 Å². The molecule has 0 aliphatic rings. The summed E-state index contributed by atoms with van der Waals surface area (Å²) in [4.78, 5) is 11.9. The first-order chi connectivity index (χ1) is 9.83. The van der Waals surface area contributed by atoms with Crippen molar-refractivity contribution >= 4 is 0 Å². The van der Waals surface area contributed by atoms with Crippen LogP contribution < -0.4 is 5.56 Å². The second kappa shape index (κ2) is 5.53. The van der Waals surface area contributed by atoms with E-state index in [0.717, 1.165) is 22.4 Å². The topological polar surface area (TPSA) is 45.8 Å². The molecule has 3 rings (SSSR count). The quantitative estimate of drug-likeness (QED) is 0.788. The van der Waals surface area contributed by atoms with Crippen LogP contribution in [0.2, 0.25) is 0 Å². The van der Waals surface area contributed by atoms with Crippen LogP contribution in [0.15, 0.2) is 71.5 Å². The zero-order valence-corrected chi connectivity index (χ0v) is 10.9. The molecule has 0 saturated heterocycles. The summed E-state index contributed by atoms with van der Waals surface area (Å²) in [6.07, 6.45) is 0.610. The molecule has 2 aromatic carbocycles. The molecule has 3 heteroatoms. The van der Waals surface area contributed by atoms with Crippen molar-refractivity contribution in [1.29, 1.82) is 0 Å². The maximum Gasteiger partial charge on any atom is 0.267 e. The highest BCUT2D eigenvalue weighted by molar-refractivity contribution is 5.58. The van der Waals surface area contributed by atoms with Gasteiger partial charge in [-0.25, -0.2) is 5.10 Å². The fraction of sp³-hybridized carbons (Fsp3) is 0.0588. The molecule has 1 aromatic heterocycles. The van der Waals surface area contributed by atoms with Gasteiger partial charge in [-0.05, 0) is 11.6 Å². The summed E-state index contributed by atoms with van der Waals surface area (Å²) in [5.74, 6) is 0. The molecule has 98 valence electrons. The van der Waals surface area contributed by atoms with Gasteiger partial charge in [-0.2, -0.15) is 5.10 Å². The predicted octanol–water partition coefficient (Wildman–Crippen LogP) is 3.03. The average molecular weight is 262 g/mol. The molecule has 20 heavy (non-hydrogen) atoms. The van der Waals surface area contributed by atoms with Gasteiger partial charge in [0.25, 0.3) is 5.56 Å². The standard InChI is InChI=1S/C17H14N2O/c20-17-15(11-13-7-3-1-4-8-13)12-16(18-19-17)14-9-5-2-6-10-14/h1-10,12H,11H2,(H,19,20). The monoisotopic (exact) mass is 262 g/mol. The smallest absolute Gasteiger partial charge is 0.267 e. The minimum atomic E-state index is -0.131. The van der Waals surface area contributed by atoms with Crippen molar-refractivity contribution in [2.45, 2.75) is 6.42 Å². The van der Waals surface area contributed by atoms with Crippen LogP contribution in [0.25, 0.3) is 11.3 Å². The van der Waals surface area contributed by atoms with Crippen molar-refractivity contribution in [2.24, 2.45) is 0 Å². The molecule has 3 nitrogen and oxygen atoms in total. The Morgan fingerprint density at radius 2 is 1.55 bits per heavy atom. The summed E-state index contributed by atoms with van der Waals surface area (Å²) in [5, 5.41) is 6.69. The molecule has 0 unspecified atom stereocenters. The normalized spacial score (nSPS) is 10.4. The van der Waals surface area contributed by atoms with E-state index >= 15 is 0 Å². The van der Waals surface area contributed by atoms with E-state index in [4.69, 9.17) is 0 Å². The minimum absolute atomic E-state index is 0.131. The zero-order valence-electron chi connectivity index (χ0n) is 10.9. The van der Waals surface area contributed by atoms with Crippen molar-refractivity contribution in [2.75, 3.05) is 0 Å². The van der Waals surface area contributed by atoms with Crippen LogP contribution in [-0.4, -0.2) is 10.2 Å². The molecule has 1 N–H and O–H groups in total. The van der Waals surface area contributed by atoms with Crippen molar-refractivity contribution in [3.63, 3.8) is 0 Å². The number of aromatic amines is 1. The van der Waals surface area contributed by atoms with Crippen LogP contribution in [0, 0.1) is 0 Å². The summed E-state index contributed by atoms with van der Waals surface area (Å²) >= 11 is 0. The van der Waals surface area contributed by atoms with E-state index in [2.05, 4.69) is 10.2 Å². The summed E-state index contributed by atoms with van der Waals surface area (Å²) in [6, 6.07) is 21.6. The number of aromatic nitrogens is 2. The molecule has 0 spiro atoms. The molecular formula is C17H14N2O. The third kappa shape index (κ3) is 2.67. The maximum absolute atomic E-state index is 11.9. The predicted molar refractivity (Wildman–Crippen MR) is 79.5 cm³/mol. The van der Waals surface area contributed by atoms with Gasteiger partial charge in [-0.1, -0.05) is 60.7 Å². The molecule has 0 aliphatic carbocycles. The molecule has 0 atom stereocenters. The summed E-state index contributed by atoms with van der Waals surface area (Å²) in [5.41, 5.74) is 3.50. The fourth-order valence-electron chi connectivity index (χ4n) is 2.15. The van der Waals surface area contributed by atoms with Gasteiger partial charge in [0.15, 0.2) is 0 Å². The molecule has 0 aliphatic heterocycles. The zero-order chi connectivity index (χ0) is 13.8. The lowest BCUT2D eigenvalue weighted by Crippen LogP contribution is -2.14. The number of benzene rings is 2. The maximum atomic E-state index is 11.9.